The number of rotatable bonds is 6. The van der Waals surface area contributed by atoms with Crippen LogP contribution in [-0.2, 0) is 10.0 Å². The van der Waals surface area contributed by atoms with Crippen LogP contribution in [-0.4, -0.2) is 21.5 Å². The smallest absolute Gasteiger partial charge is 0.241 e. The maximum Gasteiger partial charge on any atom is 0.241 e. The van der Waals surface area contributed by atoms with E-state index in [2.05, 4.69) is 17.0 Å². The fraction of sp³-hybridized carbons (Fsp3) is 0.600. The first kappa shape index (κ1) is 15.3. The van der Waals surface area contributed by atoms with E-state index in [4.69, 9.17) is 0 Å². The van der Waals surface area contributed by atoms with Gasteiger partial charge in [0.25, 0.3) is 0 Å². The Bertz CT molecular complexity index is 573. The van der Waals surface area contributed by atoms with Crippen LogP contribution in [0, 0.1) is 19.8 Å². The molecule has 1 aromatic rings. The Kier molecular flexibility index (Phi) is 4.39. The van der Waals surface area contributed by atoms with Gasteiger partial charge < -0.3 is 5.32 Å². The quantitative estimate of drug-likeness (QED) is 0.848. The predicted octanol–water partition coefficient (Wildman–Crippen LogP) is 2.81. The fourth-order valence-corrected chi connectivity index (χ4v) is 4.63. The molecule has 4 nitrogen and oxygen atoms in total. The summed E-state index contributed by atoms with van der Waals surface area (Å²) >= 11 is 0. The van der Waals surface area contributed by atoms with Crippen molar-refractivity contribution in [3.05, 3.63) is 23.3 Å². The summed E-state index contributed by atoms with van der Waals surface area (Å²) < 4.78 is 27.9. The van der Waals surface area contributed by atoms with Crippen molar-refractivity contribution in [2.45, 2.75) is 51.0 Å². The Hall–Kier alpha value is -1.07. The fourth-order valence-electron chi connectivity index (χ4n) is 2.86. The molecule has 0 saturated heterocycles. The lowest BCUT2D eigenvalue weighted by Gasteiger charge is -2.14. The number of anilines is 1. The predicted molar refractivity (Wildman–Crippen MR) is 82.6 cm³/mol. The second-order valence-corrected chi connectivity index (χ2v) is 7.35. The van der Waals surface area contributed by atoms with Crippen molar-refractivity contribution in [2.24, 2.45) is 5.92 Å². The maximum atomic E-state index is 12.5. The zero-order valence-corrected chi connectivity index (χ0v) is 13.5. The first-order chi connectivity index (χ1) is 9.39. The van der Waals surface area contributed by atoms with Crippen LogP contribution >= 0.6 is 0 Å². The molecule has 0 amide bonds. The second kappa shape index (κ2) is 5.74. The van der Waals surface area contributed by atoms with Gasteiger partial charge in [-0.15, -0.1) is 0 Å². The highest BCUT2D eigenvalue weighted by molar-refractivity contribution is 7.89. The zero-order chi connectivity index (χ0) is 14.9. The van der Waals surface area contributed by atoms with Gasteiger partial charge in [0.15, 0.2) is 0 Å². The van der Waals surface area contributed by atoms with Gasteiger partial charge in [0.2, 0.25) is 10.0 Å². The van der Waals surface area contributed by atoms with Gasteiger partial charge in [-0.25, -0.2) is 13.1 Å². The number of aryl methyl sites for hydroxylation is 2. The Labute approximate surface area is 122 Å². The van der Waals surface area contributed by atoms with E-state index in [0.717, 1.165) is 36.1 Å². The number of hydrogen-bond donors (Lipinski definition) is 2. The van der Waals surface area contributed by atoms with Crippen LogP contribution in [0.4, 0.5) is 5.69 Å². The third-order valence-corrected chi connectivity index (χ3v) is 5.70. The van der Waals surface area contributed by atoms with Crippen LogP contribution < -0.4 is 10.0 Å². The average Bonchev–Trinajstić information content (AvgIpc) is 3.05. The number of sulfonamides is 1. The summed E-state index contributed by atoms with van der Waals surface area (Å²) in [7, 11) is -1.58. The van der Waals surface area contributed by atoms with E-state index in [1.807, 2.05) is 33.0 Å². The van der Waals surface area contributed by atoms with Crippen molar-refractivity contribution in [1.29, 1.82) is 0 Å². The number of benzene rings is 1. The first-order valence-electron chi connectivity index (χ1n) is 7.20. The molecule has 0 aliphatic heterocycles. The topological polar surface area (TPSA) is 58.2 Å². The molecule has 2 N–H and O–H groups in total. The Morgan fingerprint density at radius 3 is 2.35 bits per heavy atom. The SMILES string of the molecule is CCCC1CC1NS(=O)(=O)c1c(C)cc(NC)cc1C. The molecule has 1 aromatic carbocycles. The molecule has 2 atom stereocenters. The summed E-state index contributed by atoms with van der Waals surface area (Å²) in [4.78, 5) is 0.429. The molecular weight excluding hydrogens is 272 g/mol. The lowest BCUT2D eigenvalue weighted by atomic mass is 10.1. The summed E-state index contributed by atoms with van der Waals surface area (Å²) in [5, 5.41) is 3.05. The highest BCUT2D eigenvalue weighted by Crippen LogP contribution is 2.36. The van der Waals surface area contributed by atoms with Gasteiger partial charge in [0.1, 0.15) is 0 Å². The molecule has 5 heteroatoms. The van der Waals surface area contributed by atoms with Gasteiger partial charge in [-0.05, 0) is 55.9 Å². The molecule has 0 aromatic heterocycles. The lowest BCUT2D eigenvalue weighted by Crippen LogP contribution is -2.28. The maximum absolute atomic E-state index is 12.5. The standard InChI is InChI=1S/C15H24N2O2S/c1-5-6-12-9-14(12)17-20(18,19)15-10(2)7-13(16-4)8-11(15)3/h7-8,12,14,16-17H,5-6,9H2,1-4H3. The normalized spacial score (nSPS) is 21.8. The molecule has 1 fully saturated rings. The average molecular weight is 296 g/mol. The molecular formula is C15H24N2O2S. The monoisotopic (exact) mass is 296 g/mol. The van der Waals surface area contributed by atoms with Crippen molar-refractivity contribution in [1.82, 2.24) is 4.72 Å². The summed E-state index contributed by atoms with van der Waals surface area (Å²) in [5.74, 6) is 0.520. The molecule has 0 radical (unpaired) electrons. The third-order valence-electron chi connectivity index (χ3n) is 3.91. The minimum atomic E-state index is -3.41. The molecule has 20 heavy (non-hydrogen) atoms. The minimum absolute atomic E-state index is 0.128. The molecule has 1 aliphatic carbocycles. The van der Waals surface area contributed by atoms with E-state index < -0.39 is 10.0 Å². The van der Waals surface area contributed by atoms with Gasteiger partial charge in [0.05, 0.1) is 4.90 Å². The first-order valence-corrected chi connectivity index (χ1v) is 8.68. The van der Waals surface area contributed by atoms with E-state index in [1.54, 1.807) is 0 Å². The van der Waals surface area contributed by atoms with Crippen molar-refractivity contribution in [3.63, 3.8) is 0 Å². The van der Waals surface area contributed by atoms with Crippen LogP contribution in [0.5, 0.6) is 0 Å². The minimum Gasteiger partial charge on any atom is -0.388 e. The van der Waals surface area contributed by atoms with E-state index >= 15 is 0 Å². The highest BCUT2D eigenvalue weighted by atomic mass is 32.2. The third kappa shape index (κ3) is 3.15. The van der Waals surface area contributed by atoms with Gasteiger partial charge >= 0.3 is 0 Å². The van der Waals surface area contributed by atoms with Crippen molar-refractivity contribution in [2.75, 3.05) is 12.4 Å². The van der Waals surface area contributed by atoms with Gasteiger partial charge in [-0.3, -0.25) is 0 Å². The van der Waals surface area contributed by atoms with Gasteiger partial charge in [0, 0.05) is 18.8 Å². The van der Waals surface area contributed by atoms with Crippen LogP contribution in [0.15, 0.2) is 17.0 Å². The van der Waals surface area contributed by atoms with E-state index in [1.165, 1.54) is 0 Å². The largest absolute Gasteiger partial charge is 0.388 e. The Morgan fingerprint density at radius 1 is 1.25 bits per heavy atom. The van der Waals surface area contributed by atoms with E-state index in [0.29, 0.717) is 10.8 Å². The number of hydrogen-bond acceptors (Lipinski definition) is 3. The zero-order valence-electron chi connectivity index (χ0n) is 12.7. The molecule has 2 unspecified atom stereocenters. The van der Waals surface area contributed by atoms with Gasteiger partial charge in [-0.1, -0.05) is 13.3 Å². The Balaban J connectivity index is 2.22. The van der Waals surface area contributed by atoms with E-state index in [9.17, 15) is 8.42 Å². The highest BCUT2D eigenvalue weighted by Gasteiger charge is 2.39. The second-order valence-electron chi connectivity index (χ2n) is 5.70. The van der Waals surface area contributed by atoms with Gasteiger partial charge in [-0.2, -0.15) is 0 Å². The number of nitrogens with one attached hydrogen (secondary N) is 2. The molecule has 0 spiro atoms. The summed E-state index contributed by atoms with van der Waals surface area (Å²) in [6.45, 7) is 5.83. The molecule has 0 bridgehead atoms. The molecule has 1 aliphatic rings. The van der Waals surface area contributed by atoms with Crippen molar-refractivity contribution < 1.29 is 8.42 Å². The van der Waals surface area contributed by atoms with Crippen molar-refractivity contribution >= 4 is 15.7 Å². The summed E-state index contributed by atoms with van der Waals surface area (Å²) in [6, 6.07) is 3.87. The molecule has 0 heterocycles. The van der Waals surface area contributed by atoms with E-state index in [-0.39, 0.29) is 6.04 Å². The molecule has 2 rings (SSSR count). The van der Waals surface area contributed by atoms with Crippen LogP contribution in [0.25, 0.3) is 0 Å². The molecule has 1 saturated carbocycles. The van der Waals surface area contributed by atoms with Crippen LogP contribution in [0.1, 0.15) is 37.3 Å². The van der Waals surface area contributed by atoms with Crippen LogP contribution in [0.3, 0.4) is 0 Å². The summed E-state index contributed by atoms with van der Waals surface area (Å²) in [6.07, 6.45) is 3.18. The summed E-state index contributed by atoms with van der Waals surface area (Å²) in [5.41, 5.74) is 2.51. The van der Waals surface area contributed by atoms with Crippen molar-refractivity contribution in [3.8, 4) is 0 Å². The lowest BCUT2D eigenvalue weighted by molar-refractivity contribution is 0.572. The molecule has 112 valence electrons. The Morgan fingerprint density at radius 2 is 1.85 bits per heavy atom. The van der Waals surface area contributed by atoms with Crippen LogP contribution in [0.2, 0.25) is 0 Å².